The van der Waals surface area contributed by atoms with Crippen molar-refractivity contribution in [2.24, 2.45) is 0 Å². The summed E-state index contributed by atoms with van der Waals surface area (Å²) in [4.78, 5) is 25.2. The molecule has 0 atom stereocenters. The molecule has 0 aliphatic heterocycles. The highest BCUT2D eigenvalue weighted by atomic mass is 16.5. The standard InChI is InChI=1S/C21H24N4O5/c1-12(2)21-17(18-6-13(3)24-30-18)10-20(27)25(23-21)11-19(26)22-14-7-15(28-4)9-16(8-14)29-5/h6-10,12H,11H2,1-5H3,(H,22,26). The summed E-state index contributed by atoms with van der Waals surface area (Å²) in [6, 6.07) is 8.18. The summed E-state index contributed by atoms with van der Waals surface area (Å²) in [5.41, 5.74) is 1.99. The summed E-state index contributed by atoms with van der Waals surface area (Å²) in [6.07, 6.45) is 0. The average Bonchev–Trinajstić information content (AvgIpc) is 3.14. The summed E-state index contributed by atoms with van der Waals surface area (Å²) in [5, 5.41) is 11.0. The molecule has 3 aromatic rings. The first-order valence-electron chi connectivity index (χ1n) is 9.39. The van der Waals surface area contributed by atoms with Crippen LogP contribution in [0.1, 0.15) is 31.2 Å². The monoisotopic (exact) mass is 412 g/mol. The van der Waals surface area contributed by atoms with Crippen molar-refractivity contribution in [3.05, 3.63) is 52.1 Å². The maximum absolute atomic E-state index is 12.6. The number of hydrogen-bond acceptors (Lipinski definition) is 7. The van der Waals surface area contributed by atoms with E-state index in [0.29, 0.717) is 39.9 Å². The number of nitrogens with one attached hydrogen (secondary N) is 1. The van der Waals surface area contributed by atoms with Crippen LogP contribution in [0.5, 0.6) is 11.5 Å². The number of methoxy groups -OCH3 is 2. The zero-order chi connectivity index (χ0) is 21.8. The van der Waals surface area contributed by atoms with Gasteiger partial charge in [-0.3, -0.25) is 9.59 Å². The summed E-state index contributed by atoms with van der Waals surface area (Å²) < 4.78 is 16.8. The second kappa shape index (κ2) is 8.81. The van der Waals surface area contributed by atoms with Gasteiger partial charge in [-0.2, -0.15) is 5.10 Å². The number of aryl methyl sites for hydroxylation is 1. The third-order valence-electron chi connectivity index (χ3n) is 4.40. The van der Waals surface area contributed by atoms with Gasteiger partial charge in [0.25, 0.3) is 5.56 Å². The fourth-order valence-corrected chi connectivity index (χ4v) is 2.95. The highest BCUT2D eigenvalue weighted by Gasteiger charge is 2.18. The highest BCUT2D eigenvalue weighted by molar-refractivity contribution is 5.91. The fourth-order valence-electron chi connectivity index (χ4n) is 2.95. The van der Waals surface area contributed by atoms with Crippen LogP contribution in [-0.4, -0.2) is 35.1 Å². The Morgan fingerprint density at radius 3 is 2.33 bits per heavy atom. The Morgan fingerprint density at radius 2 is 1.80 bits per heavy atom. The van der Waals surface area contributed by atoms with Crippen LogP contribution in [0.15, 0.2) is 39.6 Å². The second-order valence-corrected chi connectivity index (χ2v) is 7.08. The molecule has 158 valence electrons. The average molecular weight is 412 g/mol. The number of hydrogen-bond donors (Lipinski definition) is 1. The zero-order valence-electron chi connectivity index (χ0n) is 17.6. The first-order valence-corrected chi connectivity index (χ1v) is 9.39. The van der Waals surface area contributed by atoms with Gasteiger partial charge in [-0.15, -0.1) is 0 Å². The molecule has 9 nitrogen and oxygen atoms in total. The lowest BCUT2D eigenvalue weighted by molar-refractivity contribution is -0.117. The number of carbonyl (C=O) groups excluding carboxylic acids is 1. The van der Waals surface area contributed by atoms with Crippen molar-refractivity contribution in [3.8, 4) is 22.8 Å². The van der Waals surface area contributed by atoms with Crippen molar-refractivity contribution < 1.29 is 18.8 Å². The minimum Gasteiger partial charge on any atom is -0.497 e. The van der Waals surface area contributed by atoms with Crippen molar-refractivity contribution in [2.75, 3.05) is 19.5 Å². The van der Waals surface area contributed by atoms with E-state index in [1.807, 2.05) is 13.8 Å². The molecule has 0 spiro atoms. The van der Waals surface area contributed by atoms with Gasteiger partial charge in [-0.1, -0.05) is 19.0 Å². The molecule has 30 heavy (non-hydrogen) atoms. The fraction of sp³-hybridized carbons (Fsp3) is 0.333. The van der Waals surface area contributed by atoms with Crippen molar-refractivity contribution in [1.29, 1.82) is 0 Å². The Bertz CT molecular complexity index is 1090. The van der Waals surface area contributed by atoms with Gasteiger partial charge < -0.3 is 19.3 Å². The molecule has 0 aliphatic rings. The largest absolute Gasteiger partial charge is 0.497 e. The van der Waals surface area contributed by atoms with E-state index in [4.69, 9.17) is 14.0 Å². The molecule has 2 heterocycles. The molecular weight excluding hydrogens is 388 g/mol. The molecule has 0 saturated carbocycles. The number of amides is 1. The third kappa shape index (κ3) is 4.68. The van der Waals surface area contributed by atoms with Gasteiger partial charge in [0.2, 0.25) is 5.91 Å². The van der Waals surface area contributed by atoms with E-state index < -0.39 is 11.5 Å². The third-order valence-corrected chi connectivity index (χ3v) is 4.40. The van der Waals surface area contributed by atoms with E-state index in [9.17, 15) is 9.59 Å². The number of carbonyl (C=O) groups is 1. The van der Waals surface area contributed by atoms with Crippen LogP contribution in [0.3, 0.4) is 0 Å². The van der Waals surface area contributed by atoms with Crippen molar-refractivity contribution in [3.63, 3.8) is 0 Å². The molecule has 9 heteroatoms. The molecule has 1 amide bonds. The van der Waals surface area contributed by atoms with Crippen LogP contribution in [0, 0.1) is 6.92 Å². The molecule has 3 rings (SSSR count). The number of ether oxygens (including phenoxy) is 2. The Kier molecular flexibility index (Phi) is 6.20. The predicted octanol–water partition coefficient (Wildman–Crippen LogP) is 2.99. The first-order chi connectivity index (χ1) is 14.3. The lowest BCUT2D eigenvalue weighted by Gasteiger charge is -2.13. The van der Waals surface area contributed by atoms with Gasteiger partial charge in [0, 0.05) is 41.6 Å². The van der Waals surface area contributed by atoms with E-state index in [0.717, 1.165) is 4.68 Å². The molecule has 1 aromatic carbocycles. The van der Waals surface area contributed by atoms with E-state index in [-0.39, 0.29) is 12.5 Å². The summed E-state index contributed by atoms with van der Waals surface area (Å²) in [6.45, 7) is 5.46. The van der Waals surface area contributed by atoms with E-state index in [2.05, 4.69) is 15.6 Å². The molecular formula is C21H24N4O5. The molecule has 0 bridgehead atoms. The van der Waals surface area contributed by atoms with E-state index in [1.54, 1.807) is 31.2 Å². The van der Waals surface area contributed by atoms with Crippen molar-refractivity contribution in [1.82, 2.24) is 14.9 Å². The van der Waals surface area contributed by atoms with Gasteiger partial charge in [-0.05, 0) is 12.8 Å². The highest BCUT2D eigenvalue weighted by Crippen LogP contribution is 2.27. The Labute approximate surface area is 173 Å². The normalized spacial score (nSPS) is 10.9. The number of anilines is 1. The van der Waals surface area contributed by atoms with Crippen molar-refractivity contribution in [2.45, 2.75) is 33.2 Å². The van der Waals surface area contributed by atoms with Crippen LogP contribution < -0.4 is 20.3 Å². The van der Waals surface area contributed by atoms with Gasteiger partial charge >= 0.3 is 0 Å². The number of benzene rings is 1. The summed E-state index contributed by atoms with van der Waals surface area (Å²) >= 11 is 0. The van der Waals surface area contributed by atoms with Crippen molar-refractivity contribution >= 4 is 11.6 Å². The Hall–Kier alpha value is -3.62. The lowest BCUT2D eigenvalue weighted by atomic mass is 10.0. The lowest BCUT2D eigenvalue weighted by Crippen LogP contribution is -2.30. The molecule has 0 unspecified atom stereocenters. The molecule has 0 fully saturated rings. The predicted molar refractivity (Wildman–Crippen MR) is 111 cm³/mol. The minimum absolute atomic E-state index is 0.00274. The molecule has 0 radical (unpaired) electrons. The first kappa shape index (κ1) is 21.1. The van der Waals surface area contributed by atoms with Gasteiger partial charge in [0.1, 0.15) is 18.0 Å². The molecule has 0 saturated heterocycles. The number of nitrogens with zero attached hydrogens (tertiary/aromatic N) is 3. The van der Waals surface area contributed by atoms with E-state index >= 15 is 0 Å². The molecule has 0 aliphatic carbocycles. The zero-order valence-corrected chi connectivity index (χ0v) is 17.6. The van der Waals surface area contributed by atoms with Crippen LogP contribution in [0.25, 0.3) is 11.3 Å². The molecule has 2 aromatic heterocycles. The smallest absolute Gasteiger partial charge is 0.267 e. The minimum atomic E-state index is -0.415. The Balaban J connectivity index is 1.87. The summed E-state index contributed by atoms with van der Waals surface area (Å²) in [7, 11) is 3.05. The summed E-state index contributed by atoms with van der Waals surface area (Å²) in [5.74, 6) is 1.14. The van der Waals surface area contributed by atoms with Gasteiger partial charge in [0.15, 0.2) is 5.76 Å². The SMILES string of the molecule is COc1cc(NC(=O)Cn2nc(C(C)C)c(-c3cc(C)no3)cc2=O)cc(OC)c1. The molecule has 1 N–H and O–H groups in total. The Morgan fingerprint density at radius 1 is 1.13 bits per heavy atom. The van der Waals surface area contributed by atoms with Crippen LogP contribution in [-0.2, 0) is 11.3 Å². The number of rotatable bonds is 7. The number of aromatic nitrogens is 3. The topological polar surface area (TPSA) is 108 Å². The maximum atomic E-state index is 12.6. The van der Waals surface area contributed by atoms with Crippen LogP contribution in [0.4, 0.5) is 5.69 Å². The van der Waals surface area contributed by atoms with Gasteiger partial charge in [0.05, 0.1) is 25.6 Å². The van der Waals surface area contributed by atoms with Crippen LogP contribution in [0.2, 0.25) is 0 Å². The van der Waals surface area contributed by atoms with Crippen LogP contribution >= 0.6 is 0 Å². The van der Waals surface area contributed by atoms with Gasteiger partial charge in [-0.25, -0.2) is 4.68 Å². The quantitative estimate of drug-likeness (QED) is 0.635. The second-order valence-electron chi connectivity index (χ2n) is 7.08. The maximum Gasteiger partial charge on any atom is 0.267 e. The van der Waals surface area contributed by atoms with E-state index in [1.165, 1.54) is 20.3 Å².